The van der Waals surface area contributed by atoms with Crippen molar-refractivity contribution in [1.82, 2.24) is 9.80 Å². The lowest BCUT2D eigenvalue weighted by molar-refractivity contribution is -0.165. The van der Waals surface area contributed by atoms with Gasteiger partial charge in [0.1, 0.15) is 11.6 Å². The summed E-state index contributed by atoms with van der Waals surface area (Å²) < 4.78 is 58.2. The van der Waals surface area contributed by atoms with Gasteiger partial charge in [-0.05, 0) is 62.7 Å². The summed E-state index contributed by atoms with van der Waals surface area (Å²) >= 11 is 0. The average molecular weight is 479 g/mol. The molecular formula is C24H25F4N3O3. The molecule has 1 heterocycles. The zero-order valence-corrected chi connectivity index (χ0v) is 19.2. The molecular weight excluding hydrogens is 454 g/mol. The Labute approximate surface area is 194 Å². The number of hydrogen-bond acceptors (Lipinski definition) is 3. The molecule has 0 saturated carbocycles. The van der Waals surface area contributed by atoms with Gasteiger partial charge in [-0.3, -0.25) is 14.4 Å². The molecule has 0 spiro atoms. The minimum Gasteiger partial charge on any atom is -0.334 e. The fourth-order valence-electron chi connectivity index (χ4n) is 4.26. The highest BCUT2D eigenvalue weighted by atomic mass is 19.3. The predicted octanol–water partition coefficient (Wildman–Crippen LogP) is 4.09. The Balaban J connectivity index is 1.84. The van der Waals surface area contributed by atoms with E-state index in [-0.39, 0.29) is 35.8 Å². The number of nitrogens with one attached hydrogen (secondary N) is 1. The topological polar surface area (TPSA) is 69.7 Å². The van der Waals surface area contributed by atoms with E-state index in [4.69, 9.17) is 0 Å². The van der Waals surface area contributed by atoms with Gasteiger partial charge in [-0.1, -0.05) is 0 Å². The molecule has 10 heteroatoms. The number of halogens is 4. The largest absolute Gasteiger partial charge is 0.352 e. The first-order chi connectivity index (χ1) is 15.8. The number of benzene rings is 2. The molecule has 0 bridgehead atoms. The fraction of sp³-hybridized carbons (Fsp3) is 0.375. The number of rotatable bonds is 4. The third-order valence-corrected chi connectivity index (χ3v) is 5.82. The summed E-state index contributed by atoms with van der Waals surface area (Å²) in [6.07, 6.45) is 0. The highest BCUT2D eigenvalue weighted by molar-refractivity contribution is 6.04. The maximum absolute atomic E-state index is 15.2. The molecule has 1 saturated heterocycles. The third-order valence-electron chi connectivity index (χ3n) is 5.82. The van der Waals surface area contributed by atoms with Crippen LogP contribution in [0.1, 0.15) is 42.3 Å². The van der Waals surface area contributed by atoms with Crippen molar-refractivity contribution in [2.45, 2.75) is 45.7 Å². The van der Waals surface area contributed by atoms with E-state index in [0.717, 1.165) is 17.0 Å². The molecule has 2 atom stereocenters. The first kappa shape index (κ1) is 25.2. The molecule has 3 rings (SSSR count). The molecule has 34 heavy (non-hydrogen) atoms. The summed E-state index contributed by atoms with van der Waals surface area (Å²) in [4.78, 5) is 39.5. The van der Waals surface area contributed by atoms with Crippen molar-refractivity contribution in [2.24, 2.45) is 0 Å². The van der Waals surface area contributed by atoms with E-state index in [1.807, 2.05) is 0 Å². The highest BCUT2D eigenvalue weighted by Crippen LogP contribution is 2.34. The number of carbonyl (C=O) groups is 3. The number of anilines is 1. The van der Waals surface area contributed by atoms with E-state index in [1.54, 1.807) is 13.8 Å². The summed E-state index contributed by atoms with van der Waals surface area (Å²) in [7, 11) is 0. The summed E-state index contributed by atoms with van der Waals surface area (Å²) in [5.74, 6) is -8.73. The van der Waals surface area contributed by atoms with Gasteiger partial charge >= 0.3 is 5.92 Å². The summed E-state index contributed by atoms with van der Waals surface area (Å²) in [5.41, 5.74) is -1.03. The molecule has 0 radical (unpaired) electrons. The van der Waals surface area contributed by atoms with E-state index >= 15 is 8.78 Å². The molecule has 1 fully saturated rings. The van der Waals surface area contributed by atoms with Crippen LogP contribution in [0.15, 0.2) is 36.4 Å². The van der Waals surface area contributed by atoms with Crippen molar-refractivity contribution >= 4 is 23.4 Å². The minimum atomic E-state index is -4.25. The molecule has 1 aliphatic rings. The molecule has 1 N–H and O–H groups in total. The quantitative estimate of drug-likeness (QED) is 0.672. The second-order valence-corrected chi connectivity index (χ2v) is 8.52. The lowest BCUT2D eigenvalue weighted by Gasteiger charge is -2.44. The van der Waals surface area contributed by atoms with Gasteiger partial charge in [-0.2, -0.15) is 8.78 Å². The number of hydrogen-bond donors (Lipinski definition) is 1. The number of aryl methyl sites for hydroxylation is 1. The zero-order valence-electron chi connectivity index (χ0n) is 19.2. The smallest absolute Gasteiger partial charge is 0.334 e. The highest BCUT2D eigenvalue weighted by Gasteiger charge is 2.48. The van der Waals surface area contributed by atoms with E-state index in [2.05, 4.69) is 5.32 Å². The number of nitrogens with zero attached hydrogens (tertiary/aromatic N) is 2. The van der Waals surface area contributed by atoms with Crippen LogP contribution in [0.5, 0.6) is 0 Å². The van der Waals surface area contributed by atoms with Crippen molar-refractivity contribution in [3.8, 4) is 0 Å². The van der Waals surface area contributed by atoms with E-state index in [9.17, 15) is 23.2 Å². The van der Waals surface area contributed by atoms with Crippen LogP contribution in [0.2, 0.25) is 0 Å². The van der Waals surface area contributed by atoms with E-state index in [0.29, 0.717) is 12.1 Å². The summed E-state index contributed by atoms with van der Waals surface area (Å²) in [6.45, 7) is 5.86. The molecule has 1 aliphatic heterocycles. The van der Waals surface area contributed by atoms with Gasteiger partial charge in [0.25, 0.3) is 11.8 Å². The van der Waals surface area contributed by atoms with E-state index < -0.39 is 47.0 Å². The van der Waals surface area contributed by atoms with Crippen molar-refractivity contribution in [3.05, 3.63) is 64.7 Å². The lowest BCUT2D eigenvalue weighted by atomic mass is 10.0. The summed E-state index contributed by atoms with van der Waals surface area (Å²) in [5, 5.41) is 2.44. The van der Waals surface area contributed by atoms with Crippen LogP contribution in [-0.2, 0) is 15.5 Å². The van der Waals surface area contributed by atoms with Crippen molar-refractivity contribution in [3.63, 3.8) is 0 Å². The van der Waals surface area contributed by atoms with Gasteiger partial charge in [0, 0.05) is 43.3 Å². The van der Waals surface area contributed by atoms with Crippen LogP contribution < -0.4 is 5.32 Å². The number of carbonyl (C=O) groups excluding carboxylic acids is 3. The molecule has 2 aromatic carbocycles. The number of amides is 3. The predicted molar refractivity (Wildman–Crippen MR) is 117 cm³/mol. The Morgan fingerprint density at radius 2 is 1.56 bits per heavy atom. The minimum absolute atomic E-state index is 0.135. The number of alkyl halides is 2. The van der Waals surface area contributed by atoms with Gasteiger partial charge in [-0.15, -0.1) is 0 Å². The molecule has 182 valence electrons. The fourth-order valence-corrected chi connectivity index (χ4v) is 4.26. The number of piperazine rings is 1. The SMILES string of the molecule is CC(=O)N1[C@H](C)CN(C(=O)C(F)(F)c2cc(C(=O)Nc3ccc(F)c(C)c3)ccc2F)C[C@@H]1C. The molecule has 2 aromatic rings. The van der Waals surface area contributed by atoms with Crippen LogP contribution in [0.25, 0.3) is 0 Å². The molecule has 0 aromatic heterocycles. The standard InChI is InChI=1S/C24H25F4N3O3/c1-13-9-18(6-8-20(13)25)29-22(33)17-5-7-21(26)19(10-17)24(27,28)23(34)30-11-14(2)31(16(4)32)15(3)12-30/h5-10,14-15H,11-12H2,1-4H3,(H,29,33)/t14-,15+. The van der Waals surface area contributed by atoms with Crippen molar-refractivity contribution in [1.29, 1.82) is 0 Å². The molecule has 3 amide bonds. The lowest BCUT2D eigenvalue weighted by Crippen LogP contribution is -2.61. The Morgan fingerprint density at radius 3 is 2.12 bits per heavy atom. The molecule has 0 unspecified atom stereocenters. The zero-order chi connectivity index (χ0) is 25.4. The van der Waals surface area contributed by atoms with Crippen LogP contribution in [-0.4, -0.2) is 52.7 Å². The van der Waals surface area contributed by atoms with Crippen LogP contribution in [0.3, 0.4) is 0 Å². The normalized spacial score (nSPS) is 18.6. The van der Waals surface area contributed by atoms with Gasteiger partial charge in [0.05, 0.1) is 5.56 Å². The summed E-state index contributed by atoms with van der Waals surface area (Å²) in [6, 6.07) is 5.15. The van der Waals surface area contributed by atoms with Crippen LogP contribution in [0.4, 0.5) is 23.2 Å². The Kier molecular flexibility index (Phi) is 6.99. The maximum atomic E-state index is 15.2. The van der Waals surface area contributed by atoms with Gasteiger partial charge in [0.2, 0.25) is 5.91 Å². The van der Waals surface area contributed by atoms with Gasteiger partial charge < -0.3 is 15.1 Å². The Hall–Kier alpha value is -3.43. The second-order valence-electron chi connectivity index (χ2n) is 8.52. The van der Waals surface area contributed by atoms with Crippen LogP contribution >= 0.6 is 0 Å². The van der Waals surface area contributed by atoms with Crippen LogP contribution in [0, 0.1) is 18.6 Å². The molecule has 0 aliphatic carbocycles. The monoisotopic (exact) mass is 479 g/mol. The molecule has 6 nitrogen and oxygen atoms in total. The van der Waals surface area contributed by atoms with Gasteiger partial charge in [-0.25, -0.2) is 8.78 Å². The maximum Gasteiger partial charge on any atom is 0.352 e. The van der Waals surface area contributed by atoms with Crippen molar-refractivity contribution < 1.29 is 31.9 Å². The van der Waals surface area contributed by atoms with E-state index in [1.165, 1.54) is 30.9 Å². The Morgan fingerprint density at radius 1 is 0.971 bits per heavy atom. The first-order valence-corrected chi connectivity index (χ1v) is 10.7. The Bertz CT molecular complexity index is 1130. The van der Waals surface area contributed by atoms with Crippen molar-refractivity contribution in [2.75, 3.05) is 18.4 Å². The second kappa shape index (κ2) is 9.44. The third kappa shape index (κ3) is 4.90. The van der Waals surface area contributed by atoms with Gasteiger partial charge in [0.15, 0.2) is 0 Å². The first-order valence-electron chi connectivity index (χ1n) is 10.7. The average Bonchev–Trinajstić information content (AvgIpc) is 2.75.